The Morgan fingerprint density at radius 1 is 0.893 bits per heavy atom. The van der Waals surface area contributed by atoms with E-state index in [4.69, 9.17) is 4.42 Å². The molecule has 0 saturated carbocycles. The van der Waals surface area contributed by atoms with Crippen molar-refractivity contribution in [3.8, 4) is 0 Å². The van der Waals surface area contributed by atoms with Crippen LogP contribution < -0.4 is 16.0 Å². The van der Waals surface area contributed by atoms with Gasteiger partial charge in [-0.3, -0.25) is 4.79 Å². The second-order valence-electron chi connectivity index (χ2n) is 6.33. The van der Waals surface area contributed by atoms with Gasteiger partial charge in [0.15, 0.2) is 0 Å². The van der Waals surface area contributed by atoms with Crippen molar-refractivity contribution in [1.29, 1.82) is 0 Å². The topological polar surface area (TPSA) is 83.4 Å². The SMILES string of the molecule is CCC(C(=O)Nc1ccc(NC(=O)NCc2ccco2)cc1)c1ccccc1. The van der Waals surface area contributed by atoms with Crippen LogP contribution in [0.2, 0.25) is 0 Å². The van der Waals surface area contributed by atoms with E-state index in [1.807, 2.05) is 37.3 Å². The minimum Gasteiger partial charge on any atom is -0.467 e. The van der Waals surface area contributed by atoms with Crippen molar-refractivity contribution in [3.05, 3.63) is 84.3 Å². The molecular formula is C22H23N3O3. The highest BCUT2D eigenvalue weighted by molar-refractivity contribution is 5.96. The number of benzene rings is 2. The first-order chi connectivity index (χ1) is 13.7. The molecule has 0 aliphatic heterocycles. The van der Waals surface area contributed by atoms with E-state index in [1.54, 1.807) is 42.7 Å². The molecule has 0 radical (unpaired) electrons. The van der Waals surface area contributed by atoms with Gasteiger partial charge >= 0.3 is 6.03 Å². The summed E-state index contributed by atoms with van der Waals surface area (Å²) in [4.78, 5) is 24.5. The highest BCUT2D eigenvalue weighted by Gasteiger charge is 2.18. The maximum absolute atomic E-state index is 12.6. The lowest BCUT2D eigenvalue weighted by atomic mass is 9.95. The van der Waals surface area contributed by atoms with Crippen LogP contribution in [0.3, 0.4) is 0 Å². The van der Waals surface area contributed by atoms with Gasteiger partial charge in [0.05, 0.1) is 18.7 Å². The van der Waals surface area contributed by atoms with E-state index in [9.17, 15) is 9.59 Å². The minimum absolute atomic E-state index is 0.0504. The molecule has 6 nitrogen and oxygen atoms in total. The van der Waals surface area contributed by atoms with Crippen molar-refractivity contribution in [2.75, 3.05) is 10.6 Å². The molecule has 3 N–H and O–H groups in total. The number of carbonyl (C=O) groups excluding carboxylic acids is 2. The van der Waals surface area contributed by atoms with Gasteiger partial charge < -0.3 is 20.4 Å². The average molecular weight is 377 g/mol. The van der Waals surface area contributed by atoms with Crippen LogP contribution in [0.15, 0.2) is 77.4 Å². The summed E-state index contributed by atoms with van der Waals surface area (Å²) < 4.78 is 5.16. The molecule has 1 unspecified atom stereocenters. The van der Waals surface area contributed by atoms with Crippen LogP contribution in [0.4, 0.5) is 16.2 Å². The van der Waals surface area contributed by atoms with Crippen LogP contribution in [0.25, 0.3) is 0 Å². The third kappa shape index (κ3) is 5.23. The summed E-state index contributed by atoms with van der Waals surface area (Å²) in [5.41, 5.74) is 2.31. The molecule has 2 aromatic carbocycles. The molecular weight excluding hydrogens is 354 g/mol. The summed E-state index contributed by atoms with van der Waals surface area (Å²) in [5, 5.41) is 8.38. The second-order valence-corrected chi connectivity index (χ2v) is 6.33. The van der Waals surface area contributed by atoms with Gasteiger partial charge in [-0.25, -0.2) is 4.79 Å². The van der Waals surface area contributed by atoms with Crippen LogP contribution >= 0.6 is 0 Å². The smallest absolute Gasteiger partial charge is 0.319 e. The van der Waals surface area contributed by atoms with Crippen molar-refractivity contribution >= 4 is 23.3 Å². The summed E-state index contributed by atoms with van der Waals surface area (Å²) in [6.07, 6.45) is 2.27. The number of urea groups is 1. The molecule has 1 atom stereocenters. The third-order valence-electron chi connectivity index (χ3n) is 4.34. The molecule has 3 amide bonds. The number of carbonyl (C=O) groups is 2. The molecule has 3 aromatic rings. The molecule has 1 heterocycles. The molecule has 0 spiro atoms. The zero-order valence-corrected chi connectivity index (χ0v) is 15.6. The van der Waals surface area contributed by atoms with Crippen molar-refractivity contribution in [2.24, 2.45) is 0 Å². The molecule has 0 saturated heterocycles. The van der Waals surface area contributed by atoms with E-state index in [0.717, 1.165) is 5.56 Å². The van der Waals surface area contributed by atoms with Crippen molar-refractivity contribution in [3.63, 3.8) is 0 Å². The van der Waals surface area contributed by atoms with Crippen LogP contribution in [-0.2, 0) is 11.3 Å². The summed E-state index contributed by atoms with van der Waals surface area (Å²) >= 11 is 0. The number of amides is 3. The number of hydrogen-bond donors (Lipinski definition) is 3. The molecule has 28 heavy (non-hydrogen) atoms. The van der Waals surface area contributed by atoms with Gasteiger partial charge in [-0.05, 0) is 48.4 Å². The fourth-order valence-corrected chi connectivity index (χ4v) is 2.88. The zero-order valence-electron chi connectivity index (χ0n) is 15.6. The average Bonchev–Trinajstić information content (AvgIpc) is 3.23. The van der Waals surface area contributed by atoms with E-state index >= 15 is 0 Å². The van der Waals surface area contributed by atoms with Gasteiger partial charge in [0.25, 0.3) is 0 Å². The Morgan fingerprint density at radius 2 is 1.57 bits per heavy atom. The van der Waals surface area contributed by atoms with E-state index in [0.29, 0.717) is 30.1 Å². The predicted molar refractivity (Wildman–Crippen MR) is 109 cm³/mol. The quantitative estimate of drug-likeness (QED) is 0.556. The summed E-state index contributed by atoms with van der Waals surface area (Å²) in [7, 11) is 0. The maximum Gasteiger partial charge on any atom is 0.319 e. The molecule has 0 aliphatic rings. The second kappa shape index (κ2) is 9.41. The first kappa shape index (κ1) is 19.2. The van der Waals surface area contributed by atoms with Crippen LogP contribution in [0.1, 0.15) is 30.6 Å². The highest BCUT2D eigenvalue weighted by Crippen LogP contribution is 2.22. The Balaban J connectivity index is 1.53. The molecule has 1 aromatic heterocycles. The van der Waals surface area contributed by atoms with Gasteiger partial charge in [0.1, 0.15) is 5.76 Å². The summed E-state index contributed by atoms with van der Waals surface area (Å²) in [6.45, 7) is 2.30. The maximum atomic E-state index is 12.6. The summed E-state index contributed by atoms with van der Waals surface area (Å²) in [5.74, 6) is 0.425. The molecule has 0 aliphatic carbocycles. The lowest BCUT2D eigenvalue weighted by molar-refractivity contribution is -0.117. The van der Waals surface area contributed by atoms with Gasteiger partial charge in [-0.2, -0.15) is 0 Å². The molecule has 0 fully saturated rings. The van der Waals surface area contributed by atoms with Gasteiger partial charge in [-0.15, -0.1) is 0 Å². The number of anilines is 2. The van der Waals surface area contributed by atoms with E-state index in [-0.39, 0.29) is 17.9 Å². The third-order valence-corrected chi connectivity index (χ3v) is 4.34. The molecule has 144 valence electrons. The van der Waals surface area contributed by atoms with Gasteiger partial charge in [0, 0.05) is 11.4 Å². The number of rotatable bonds is 7. The van der Waals surface area contributed by atoms with E-state index in [1.165, 1.54) is 0 Å². The van der Waals surface area contributed by atoms with Gasteiger partial charge in [-0.1, -0.05) is 37.3 Å². The van der Waals surface area contributed by atoms with Gasteiger partial charge in [0.2, 0.25) is 5.91 Å². The van der Waals surface area contributed by atoms with E-state index in [2.05, 4.69) is 16.0 Å². The number of hydrogen-bond acceptors (Lipinski definition) is 3. The Morgan fingerprint density at radius 3 is 2.18 bits per heavy atom. The largest absolute Gasteiger partial charge is 0.467 e. The first-order valence-electron chi connectivity index (χ1n) is 9.19. The Kier molecular flexibility index (Phi) is 6.46. The number of nitrogens with one attached hydrogen (secondary N) is 3. The first-order valence-corrected chi connectivity index (χ1v) is 9.19. The van der Waals surface area contributed by atoms with Crippen LogP contribution in [0, 0.1) is 0 Å². The number of furan rings is 1. The molecule has 0 bridgehead atoms. The Bertz CT molecular complexity index is 891. The Hall–Kier alpha value is -3.54. The summed E-state index contributed by atoms with van der Waals surface area (Å²) in [6, 6.07) is 20.0. The van der Waals surface area contributed by atoms with Crippen molar-refractivity contribution < 1.29 is 14.0 Å². The van der Waals surface area contributed by atoms with Crippen LogP contribution in [0.5, 0.6) is 0 Å². The predicted octanol–water partition coefficient (Wildman–Crippen LogP) is 4.73. The van der Waals surface area contributed by atoms with Crippen molar-refractivity contribution in [1.82, 2.24) is 5.32 Å². The lowest BCUT2D eigenvalue weighted by Gasteiger charge is -2.15. The Labute approximate surface area is 164 Å². The standard InChI is InChI=1S/C22H23N3O3/c1-2-20(16-7-4-3-5-8-16)21(26)24-17-10-12-18(13-11-17)25-22(27)23-15-19-9-6-14-28-19/h3-14,20H,2,15H2,1H3,(H,24,26)(H2,23,25,27). The van der Waals surface area contributed by atoms with Crippen LogP contribution in [-0.4, -0.2) is 11.9 Å². The lowest BCUT2D eigenvalue weighted by Crippen LogP contribution is -2.28. The van der Waals surface area contributed by atoms with E-state index < -0.39 is 0 Å². The zero-order chi connectivity index (χ0) is 19.8. The highest BCUT2D eigenvalue weighted by atomic mass is 16.3. The monoisotopic (exact) mass is 377 g/mol. The molecule has 6 heteroatoms. The van der Waals surface area contributed by atoms with Crippen molar-refractivity contribution in [2.45, 2.75) is 25.8 Å². The fourth-order valence-electron chi connectivity index (χ4n) is 2.88. The normalized spacial score (nSPS) is 11.5. The fraction of sp³-hybridized carbons (Fsp3) is 0.182. The minimum atomic E-state index is -0.330. The molecule has 3 rings (SSSR count).